The average Bonchev–Trinajstić information content (AvgIpc) is 3.37. The van der Waals surface area contributed by atoms with E-state index in [1.165, 1.54) is 34.9 Å². The molecule has 0 aliphatic carbocycles. The molecule has 0 saturated heterocycles. The Hall–Kier alpha value is -2.36. The second kappa shape index (κ2) is 10.7. The molecule has 2 aromatic heterocycles. The molecule has 3 rings (SSSR count). The van der Waals surface area contributed by atoms with Crippen molar-refractivity contribution < 1.29 is 9.21 Å². The average molecular weight is 417 g/mol. The fraction of sp³-hybridized carbons (Fsp3) is 0.111. The fourth-order valence-electron chi connectivity index (χ4n) is 1.87. The van der Waals surface area contributed by atoms with Crippen LogP contribution in [0.2, 0.25) is 0 Å². The third-order valence-corrected chi connectivity index (χ3v) is 6.33. The molecule has 2 heterocycles. The lowest BCUT2D eigenvalue weighted by Gasteiger charge is -1.97. The zero-order valence-electron chi connectivity index (χ0n) is 14.1. The van der Waals surface area contributed by atoms with E-state index >= 15 is 0 Å². The Morgan fingerprint density at radius 3 is 2.74 bits per heavy atom. The molecule has 0 aliphatic heterocycles. The summed E-state index contributed by atoms with van der Waals surface area (Å²) in [6, 6.07) is 13.8. The molecule has 0 fully saturated rings. The predicted octanol–water partition coefficient (Wildman–Crippen LogP) is 4.33. The molecule has 1 N–H and O–H groups in total. The number of nitrogens with one attached hydrogen (secondary N) is 1. The van der Waals surface area contributed by atoms with E-state index in [4.69, 9.17) is 4.42 Å². The van der Waals surface area contributed by atoms with E-state index in [2.05, 4.69) is 32.9 Å². The molecule has 6 nitrogen and oxygen atoms in total. The number of amides is 1. The highest BCUT2D eigenvalue weighted by Crippen LogP contribution is 2.30. The van der Waals surface area contributed by atoms with Gasteiger partial charge in [-0.15, -0.1) is 10.2 Å². The minimum absolute atomic E-state index is 0.198. The Balaban J connectivity index is 1.36. The Bertz CT molecular complexity index is 892. The maximum atomic E-state index is 11.8. The first-order valence-corrected chi connectivity index (χ1v) is 10.7. The van der Waals surface area contributed by atoms with Crippen LogP contribution in [0.5, 0.6) is 0 Å². The van der Waals surface area contributed by atoms with Crippen molar-refractivity contribution in [3.8, 4) is 0 Å². The number of carbonyl (C=O) groups excluding carboxylic acids is 1. The van der Waals surface area contributed by atoms with Crippen molar-refractivity contribution >= 4 is 53.1 Å². The summed E-state index contributed by atoms with van der Waals surface area (Å²) in [6.07, 6.45) is 6.52. The lowest BCUT2D eigenvalue weighted by atomic mass is 10.2. The second-order valence-electron chi connectivity index (χ2n) is 5.08. The van der Waals surface area contributed by atoms with E-state index in [0.29, 0.717) is 0 Å². The maximum absolute atomic E-state index is 11.8. The summed E-state index contributed by atoms with van der Waals surface area (Å²) in [5.41, 5.74) is 3.71. The van der Waals surface area contributed by atoms with Crippen LogP contribution in [0, 0.1) is 0 Å². The number of hydrazone groups is 1. The van der Waals surface area contributed by atoms with Crippen molar-refractivity contribution in [3.05, 3.63) is 66.1 Å². The zero-order chi connectivity index (χ0) is 18.7. The number of nitrogens with zero attached hydrogens (tertiary/aromatic N) is 3. The first-order valence-electron chi connectivity index (χ1n) is 7.95. The van der Waals surface area contributed by atoms with Gasteiger partial charge in [0.2, 0.25) is 0 Å². The third kappa shape index (κ3) is 7.05. The highest BCUT2D eigenvalue weighted by atomic mass is 32.2. The Labute approximate surface area is 169 Å². The Kier molecular flexibility index (Phi) is 7.69. The highest BCUT2D eigenvalue weighted by molar-refractivity contribution is 8.03. The van der Waals surface area contributed by atoms with Crippen molar-refractivity contribution in [2.24, 2.45) is 5.10 Å². The van der Waals surface area contributed by atoms with Crippen LogP contribution < -0.4 is 5.43 Å². The summed E-state index contributed by atoms with van der Waals surface area (Å²) >= 11 is 4.47. The van der Waals surface area contributed by atoms with Crippen LogP contribution in [-0.4, -0.2) is 28.1 Å². The zero-order valence-corrected chi connectivity index (χ0v) is 16.6. The molecule has 0 spiro atoms. The van der Waals surface area contributed by atoms with Crippen LogP contribution in [0.4, 0.5) is 0 Å². The molecule has 27 heavy (non-hydrogen) atoms. The summed E-state index contributed by atoms with van der Waals surface area (Å²) in [4.78, 5) is 11.8. The largest absolute Gasteiger partial charge is 0.465 e. The SMILES string of the molecule is O=C(CSc1nnc(SCc2ccccc2)s1)NN=C/C=C\c1ccco1. The normalized spacial score (nSPS) is 11.4. The number of furan rings is 1. The summed E-state index contributed by atoms with van der Waals surface area (Å²) in [5.74, 6) is 1.61. The van der Waals surface area contributed by atoms with Gasteiger partial charge >= 0.3 is 0 Å². The molecular formula is C18H16N4O2S3. The minimum Gasteiger partial charge on any atom is -0.465 e. The number of rotatable bonds is 9. The minimum atomic E-state index is -0.198. The van der Waals surface area contributed by atoms with E-state index < -0.39 is 0 Å². The molecule has 0 saturated carbocycles. The first kappa shape index (κ1) is 19.4. The van der Waals surface area contributed by atoms with Crippen LogP contribution in [0.3, 0.4) is 0 Å². The summed E-state index contributed by atoms with van der Waals surface area (Å²) in [6.45, 7) is 0. The van der Waals surface area contributed by atoms with Gasteiger partial charge in [-0.3, -0.25) is 4.79 Å². The van der Waals surface area contributed by atoms with Crippen molar-refractivity contribution in [2.75, 3.05) is 5.75 Å². The van der Waals surface area contributed by atoms with E-state index in [1.807, 2.05) is 24.3 Å². The monoisotopic (exact) mass is 416 g/mol. The van der Waals surface area contributed by atoms with Gasteiger partial charge in [-0.05, 0) is 29.8 Å². The predicted molar refractivity (Wildman–Crippen MR) is 111 cm³/mol. The number of carbonyl (C=O) groups is 1. The van der Waals surface area contributed by atoms with E-state index in [0.717, 1.165) is 20.2 Å². The molecule has 0 unspecified atom stereocenters. The Morgan fingerprint density at radius 1 is 1.15 bits per heavy atom. The molecule has 1 aromatic carbocycles. The fourth-order valence-corrected chi connectivity index (χ4v) is 4.64. The molecular weight excluding hydrogens is 400 g/mol. The molecule has 9 heteroatoms. The van der Waals surface area contributed by atoms with Gasteiger partial charge in [0.15, 0.2) is 8.68 Å². The number of hydrogen-bond donors (Lipinski definition) is 1. The number of allylic oxidation sites excluding steroid dienone is 1. The smallest absolute Gasteiger partial charge is 0.250 e. The van der Waals surface area contributed by atoms with E-state index in [9.17, 15) is 4.79 Å². The van der Waals surface area contributed by atoms with Gasteiger partial charge in [0.1, 0.15) is 5.76 Å². The Morgan fingerprint density at radius 2 is 1.96 bits per heavy atom. The number of hydrogen-bond acceptors (Lipinski definition) is 8. The van der Waals surface area contributed by atoms with Crippen LogP contribution in [-0.2, 0) is 10.5 Å². The molecule has 1 amide bonds. The molecule has 0 atom stereocenters. The highest BCUT2D eigenvalue weighted by Gasteiger charge is 2.08. The van der Waals surface area contributed by atoms with Gasteiger partial charge in [0, 0.05) is 12.0 Å². The third-order valence-electron chi connectivity index (χ3n) is 3.07. The number of aromatic nitrogens is 2. The molecule has 138 valence electrons. The topological polar surface area (TPSA) is 80.4 Å². The number of benzene rings is 1. The number of thioether (sulfide) groups is 2. The summed E-state index contributed by atoms with van der Waals surface area (Å²) in [5, 5.41) is 12.1. The summed E-state index contributed by atoms with van der Waals surface area (Å²) in [7, 11) is 0. The van der Waals surface area contributed by atoms with Gasteiger partial charge in [-0.2, -0.15) is 5.10 Å². The van der Waals surface area contributed by atoms with Gasteiger partial charge in [0.05, 0.1) is 12.0 Å². The lowest BCUT2D eigenvalue weighted by molar-refractivity contribution is -0.118. The van der Waals surface area contributed by atoms with Crippen molar-refractivity contribution in [2.45, 2.75) is 14.4 Å². The molecule has 3 aromatic rings. The maximum Gasteiger partial charge on any atom is 0.250 e. The van der Waals surface area contributed by atoms with Crippen LogP contribution >= 0.6 is 34.9 Å². The van der Waals surface area contributed by atoms with Gasteiger partial charge in [0.25, 0.3) is 5.91 Å². The van der Waals surface area contributed by atoms with E-state index in [-0.39, 0.29) is 11.7 Å². The standard InChI is InChI=1S/C18H16N4O2S3/c23-16(20-19-10-4-8-15-9-5-11-24-15)13-26-18-22-21-17(27-18)25-12-14-6-2-1-3-7-14/h1-11H,12-13H2,(H,20,23)/b8-4-,19-10?. The molecule has 0 aliphatic rings. The van der Waals surface area contributed by atoms with Gasteiger partial charge in [-0.1, -0.05) is 65.2 Å². The van der Waals surface area contributed by atoms with Crippen molar-refractivity contribution in [3.63, 3.8) is 0 Å². The van der Waals surface area contributed by atoms with Gasteiger partial charge < -0.3 is 4.42 Å². The van der Waals surface area contributed by atoms with Crippen LogP contribution in [0.25, 0.3) is 6.08 Å². The van der Waals surface area contributed by atoms with Gasteiger partial charge in [-0.25, -0.2) is 5.43 Å². The first-order chi connectivity index (χ1) is 13.3. The second-order valence-corrected chi connectivity index (χ2v) is 8.51. The van der Waals surface area contributed by atoms with E-state index in [1.54, 1.807) is 36.2 Å². The quantitative estimate of drug-likeness (QED) is 0.318. The van der Waals surface area contributed by atoms with Crippen LogP contribution in [0.1, 0.15) is 11.3 Å². The van der Waals surface area contributed by atoms with Crippen molar-refractivity contribution in [1.29, 1.82) is 0 Å². The summed E-state index contributed by atoms with van der Waals surface area (Å²) < 4.78 is 6.80. The molecule has 0 radical (unpaired) electrons. The van der Waals surface area contributed by atoms with Crippen molar-refractivity contribution in [1.82, 2.24) is 15.6 Å². The molecule has 0 bridgehead atoms. The lowest BCUT2D eigenvalue weighted by Crippen LogP contribution is -2.19. The van der Waals surface area contributed by atoms with Crippen LogP contribution in [0.15, 0.2) is 73.0 Å².